The molecular weight excluding hydrogens is 254 g/mol. The second kappa shape index (κ2) is 5.19. The standard InChI is InChI=1S/C11H17N3O3S/c1-9-5-6-11(13-12-9)17-10-4-3-7-14(8-10)18(2,15)16/h5-6,10H,3-4,7-8H2,1-2H3. The number of nitrogens with zero attached hydrogens (tertiary/aromatic N) is 3. The van der Waals surface area contributed by atoms with Gasteiger partial charge in [0, 0.05) is 12.6 Å². The van der Waals surface area contributed by atoms with Crippen molar-refractivity contribution in [1.29, 1.82) is 0 Å². The lowest BCUT2D eigenvalue weighted by Gasteiger charge is -2.30. The smallest absolute Gasteiger partial charge is 0.233 e. The molecule has 0 bridgehead atoms. The Morgan fingerprint density at radius 3 is 2.78 bits per heavy atom. The predicted molar refractivity (Wildman–Crippen MR) is 66.8 cm³/mol. The quantitative estimate of drug-likeness (QED) is 0.804. The van der Waals surface area contributed by atoms with Crippen molar-refractivity contribution in [3.63, 3.8) is 0 Å². The zero-order valence-corrected chi connectivity index (χ0v) is 11.4. The molecule has 7 heteroatoms. The summed E-state index contributed by atoms with van der Waals surface area (Å²) in [7, 11) is -3.14. The average Bonchev–Trinajstić information content (AvgIpc) is 2.31. The van der Waals surface area contributed by atoms with Gasteiger partial charge in [-0.15, -0.1) is 5.10 Å². The molecule has 0 spiro atoms. The molecule has 0 saturated carbocycles. The fraction of sp³-hybridized carbons (Fsp3) is 0.636. The summed E-state index contributed by atoms with van der Waals surface area (Å²) in [4.78, 5) is 0. The first kappa shape index (κ1) is 13.2. The SMILES string of the molecule is Cc1ccc(OC2CCCN(S(C)(=O)=O)C2)nn1. The number of piperidine rings is 1. The Kier molecular flexibility index (Phi) is 3.82. The summed E-state index contributed by atoms with van der Waals surface area (Å²) in [6.07, 6.45) is 2.71. The molecular formula is C11H17N3O3S. The summed E-state index contributed by atoms with van der Waals surface area (Å²) >= 11 is 0. The molecule has 0 amide bonds. The molecule has 2 rings (SSSR count). The number of sulfonamides is 1. The molecule has 1 saturated heterocycles. The van der Waals surface area contributed by atoms with Crippen LogP contribution in [0.1, 0.15) is 18.5 Å². The molecule has 2 heterocycles. The highest BCUT2D eigenvalue weighted by atomic mass is 32.2. The molecule has 100 valence electrons. The largest absolute Gasteiger partial charge is 0.472 e. The van der Waals surface area contributed by atoms with Crippen molar-refractivity contribution in [3.8, 4) is 5.88 Å². The molecule has 1 aliphatic heterocycles. The Bertz CT molecular complexity index is 501. The summed E-state index contributed by atoms with van der Waals surface area (Å²) in [5.74, 6) is 0.445. The molecule has 0 aliphatic carbocycles. The van der Waals surface area contributed by atoms with E-state index in [0.717, 1.165) is 18.5 Å². The molecule has 6 nitrogen and oxygen atoms in total. The summed E-state index contributed by atoms with van der Waals surface area (Å²) in [6, 6.07) is 3.57. The van der Waals surface area contributed by atoms with Gasteiger partial charge in [0.2, 0.25) is 15.9 Å². The van der Waals surface area contributed by atoms with E-state index in [9.17, 15) is 8.42 Å². The first-order chi connectivity index (χ1) is 8.45. The van der Waals surface area contributed by atoms with Gasteiger partial charge in [0.05, 0.1) is 18.5 Å². The molecule has 1 aromatic rings. The van der Waals surface area contributed by atoms with Crippen LogP contribution in [0.3, 0.4) is 0 Å². The van der Waals surface area contributed by atoms with Crippen LogP contribution in [0, 0.1) is 6.92 Å². The Morgan fingerprint density at radius 2 is 2.17 bits per heavy atom. The molecule has 0 N–H and O–H groups in total. The van der Waals surface area contributed by atoms with E-state index in [2.05, 4.69) is 10.2 Å². The van der Waals surface area contributed by atoms with E-state index < -0.39 is 10.0 Å². The highest BCUT2D eigenvalue weighted by Crippen LogP contribution is 2.17. The predicted octanol–water partition coefficient (Wildman–Crippen LogP) is 0.588. The van der Waals surface area contributed by atoms with E-state index in [1.807, 2.05) is 13.0 Å². The molecule has 1 aliphatic rings. The third kappa shape index (κ3) is 3.39. The monoisotopic (exact) mass is 271 g/mol. The van der Waals surface area contributed by atoms with Crippen LogP contribution >= 0.6 is 0 Å². The number of rotatable bonds is 3. The lowest BCUT2D eigenvalue weighted by atomic mass is 10.1. The Hall–Kier alpha value is -1.21. The van der Waals surface area contributed by atoms with Gasteiger partial charge in [-0.05, 0) is 25.8 Å². The van der Waals surface area contributed by atoms with Gasteiger partial charge in [-0.1, -0.05) is 0 Å². The normalized spacial score (nSPS) is 21.8. The van der Waals surface area contributed by atoms with Crippen molar-refractivity contribution in [2.75, 3.05) is 19.3 Å². The lowest BCUT2D eigenvalue weighted by molar-refractivity contribution is 0.124. The van der Waals surface area contributed by atoms with Crippen molar-refractivity contribution in [2.24, 2.45) is 0 Å². The third-order valence-electron chi connectivity index (χ3n) is 2.87. The number of aryl methyl sites for hydroxylation is 1. The number of hydrogen-bond acceptors (Lipinski definition) is 5. The molecule has 1 aromatic heterocycles. The van der Waals surface area contributed by atoms with E-state index in [4.69, 9.17) is 4.74 Å². The maximum atomic E-state index is 11.5. The fourth-order valence-corrected chi connectivity index (χ4v) is 2.82. The van der Waals surface area contributed by atoms with Crippen molar-refractivity contribution >= 4 is 10.0 Å². The zero-order valence-electron chi connectivity index (χ0n) is 10.5. The van der Waals surface area contributed by atoms with Crippen molar-refractivity contribution in [1.82, 2.24) is 14.5 Å². The van der Waals surface area contributed by atoms with E-state index in [1.165, 1.54) is 10.6 Å². The first-order valence-electron chi connectivity index (χ1n) is 5.87. The molecule has 1 unspecified atom stereocenters. The third-order valence-corrected chi connectivity index (χ3v) is 4.14. The number of aromatic nitrogens is 2. The maximum absolute atomic E-state index is 11.5. The van der Waals surface area contributed by atoms with Gasteiger partial charge in [0.25, 0.3) is 0 Å². The fourth-order valence-electron chi connectivity index (χ4n) is 1.92. The van der Waals surface area contributed by atoms with Gasteiger partial charge in [-0.3, -0.25) is 0 Å². The van der Waals surface area contributed by atoms with Crippen LogP contribution in [0.4, 0.5) is 0 Å². The minimum atomic E-state index is -3.14. The van der Waals surface area contributed by atoms with Crippen LogP contribution in [-0.2, 0) is 10.0 Å². The summed E-state index contributed by atoms with van der Waals surface area (Å²) in [6.45, 7) is 2.80. The zero-order chi connectivity index (χ0) is 13.2. The second-order valence-electron chi connectivity index (χ2n) is 4.52. The summed E-state index contributed by atoms with van der Waals surface area (Å²) in [5, 5.41) is 7.82. The maximum Gasteiger partial charge on any atom is 0.233 e. The van der Waals surface area contributed by atoms with Crippen LogP contribution in [-0.4, -0.2) is 48.4 Å². The minimum absolute atomic E-state index is 0.148. The Labute approximate surface area is 107 Å². The van der Waals surface area contributed by atoms with Crippen molar-refractivity contribution in [2.45, 2.75) is 25.9 Å². The van der Waals surface area contributed by atoms with Gasteiger partial charge in [-0.2, -0.15) is 9.40 Å². The van der Waals surface area contributed by atoms with Crippen molar-refractivity contribution in [3.05, 3.63) is 17.8 Å². The Balaban J connectivity index is 2.00. The van der Waals surface area contributed by atoms with Crippen LogP contribution < -0.4 is 4.74 Å². The van der Waals surface area contributed by atoms with E-state index in [0.29, 0.717) is 19.0 Å². The average molecular weight is 271 g/mol. The van der Waals surface area contributed by atoms with Crippen LogP contribution in [0.25, 0.3) is 0 Å². The summed E-state index contributed by atoms with van der Waals surface area (Å²) in [5.41, 5.74) is 0.823. The topological polar surface area (TPSA) is 72.4 Å². The molecule has 18 heavy (non-hydrogen) atoms. The second-order valence-corrected chi connectivity index (χ2v) is 6.50. The number of hydrogen-bond donors (Lipinski definition) is 0. The molecule has 0 radical (unpaired) electrons. The summed E-state index contributed by atoms with van der Waals surface area (Å²) < 4.78 is 30.0. The van der Waals surface area contributed by atoms with Gasteiger partial charge in [0.1, 0.15) is 6.10 Å². The van der Waals surface area contributed by atoms with Gasteiger partial charge >= 0.3 is 0 Å². The van der Waals surface area contributed by atoms with Gasteiger partial charge in [0.15, 0.2) is 0 Å². The van der Waals surface area contributed by atoms with E-state index >= 15 is 0 Å². The van der Waals surface area contributed by atoms with Gasteiger partial charge in [-0.25, -0.2) is 8.42 Å². The van der Waals surface area contributed by atoms with E-state index in [-0.39, 0.29) is 6.10 Å². The highest BCUT2D eigenvalue weighted by Gasteiger charge is 2.27. The highest BCUT2D eigenvalue weighted by molar-refractivity contribution is 7.88. The van der Waals surface area contributed by atoms with Crippen LogP contribution in [0.2, 0.25) is 0 Å². The molecule has 0 aromatic carbocycles. The van der Waals surface area contributed by atoms with E-state index in [1.54, 1.807) is 6.07 Å². The minimum Gasteiger partial charge on any atom is -0.472 e. The van der Waals surface area contributed by atoms with Crippen LogP contribution in [0.5, 0.6) is 5.88 Å². The number of ether oxygens (including phenoxy) is 1. The molecule has 1 fully saturated rings. The lowest BCUT2D eigenvalue weighted by Crippen LogP contribution is -2.43. The Morgan fingerprint density at radius 1 is 1.39 bits per heavy atom. The van der Waals surface area contributed by atoms with Crippen molar-refractivity contribution < 1.29 is 13.2 Å². The van der Waals surface area contributed by atoms with Gasteiger partial charge < -0.3 is 4.74 Å². The first-order valence-corrected chi connectivity index (χ1v) is 7.72. The molecule has 1 atom stereocenters. The van der Waals surface area contributed by atoms with Crippen LogP contribution in [0.15, 0.2) is 12.1 Å².